The zero-order valence-electron chi connectivity index (χ0n) is 8.41. The van der Waals surface area contributed by atoms with Crippen LogP contribution in [0.3, 0.4) is 0 Å². The van der Waals surface area contributed by atoms with Crippen LogP contribution in [-0.4, -0.2) is 19.3 Å². The van der Waals surface area contributed by atoms with Crippen molar-refractivity contribution in [2.45, 2.75) is 19.1 Å². The lowest BCUT2D eigenvalue weighted by atomic mass is 10.2. The van der Waals surface area contributed by atoms with E-state index in [2.05, 4.69) is 15.9 Å². The summed E-state index contributed by atoms with van der Waals surface area (Å²) in [4.78, 5) is 0. The van der Waals surface area contributed by atoms with Gasteiger partial charge >= 0.3 is 0 Å². The van der Waals surface area contributed by atoms with Gasteiger partial charge in [-0.3, -0.25) is 0 Å². The molecule has 1 unspecified atom stereocenters. The quantitative estimate of drug-likeness (QED) is 0.916. The summed E-state index contributed by atoms with van der Waals surface area (Å²) >= 11 is 3.41. The summed E-state index contributed by atoms with van der Waals surface area (Å²) in [6.45, 7) is 1.96. The summed E-state index contributed by atoms with van der Waals surface area (Å²) in [5, 5.41) is 0. The molecule has 0 bridgehead atoms. The summed E-state index contributed by atoms with van der Waals surface area (Å²) in [6.07, 6.45) is 1.14. The maximum Gasteiger partial charge on any atom is 0.124 e. The molecule has 1 aromatic rings. The Hall–Kier alpha value is -0.580. The molecule has 4 heteroatoms. The molecule has 0 aliphatic carbocycles. The first-order valence-electron chi connectivity index (χ1n) is 5.02. The summed E-state index contributed by atoms with van der Waals surface area (Å²) < 4.78 is 12.1. The lowest BCUT2D eigenvalue weighted by Gasteiger charge is -2.15. The second-order valence-electron chi connectivity index (χ2n) is 3.56. The van der Waals surface area contributed by atoms with Crippen molar-refractivity contribution >= 4 is 15.9 Å². The molecule has 82 valence electrons. The van der Waals surface area contributed by atoms with Crippen molar-refractivity contribution in [2.24, 2.45) is 5.73 Å². The van der Waals surface area contributed by atoms with Gasteiger partial charge in [0.15, 0.2) is 0 Å². The summed E-state index contributed by atoms with van der Waals surface area (Å²) in [6, 6.07) is 5.90. The highest BCUT2D eigenvalue weighted by atomic mass is 79.9. The molecule has 0 saturated carbocycles. The average molecular weight is 272 g/mol. The third-order valence-electron chi connectivity index (χ3n) is 2.42. The van der Waals surface area contributed by atoms with Crippen LogP contribution in [0.1, 0.15) is 12.0 Å². The first-order valence-corrected chi connectivity index (χ1v) is 5.82. The number of rotatable bonds is 3. The molecule has 1 aromatic carbocycles. The molecule has 1 fully saturated rings. The highest BCUT2D eigenvalue weighted by Crippen LogP contribution is 2.25. The number of halogens is 1. The molecule has 0 spiro atoms. The molecule has 2 rings (SSSR count). The topological polar surface area (TPSA) is 44.5 Å². The third-order valence-corrected chi connectivity index (χ3v) is 2.92. The molecule has 3 nitrogen and oxygen atoms in total. The average Bonchev–Trinajstić information content (AvgIpc) is 2.73. The van der Waals surface area contributed by atoms with Crippen molar-refractivity contribution in [3.8, 4) is 5.75 Å². The molecule has 1 saturated heterocycles. The van der Waals surface area contributed by atoms with E-state index in [1.165, 1.54) is 0 Å². The van der Waals surface area contributed by atoms with E-state index >= 15 is 0 Å². The van der Waals surface area contributed by atoms with Crippen molar-refractivity contribution < 1.29 is 9.47 Å². The van der Waals surface area contributed by atoms with Gasteiger partial charge in [-0.25, -0.2) is 0 Å². The van der Waals surface area contributed by atoms with Gasteiger partial charge in [-0.1, -0.05) is 15.9 Å². The zero-order chi connectivity index (χ0) is 10.7. The minimum absolute atomic E-state index is 0.177. The van der Waals surface area contributed by atoms with Crippen LogP contribution in [0.5, 0.6) is 5.75 Å². The largest absolute Gasteiger partial charge is 0.488 e. The van der Waals surface area contributed by atoms with E-state index in [0.29, 0.717) is 13.2 Å². The van der Waals surface area contributed by atoms with Gasteiger partial charge in [0.25, 0.3) is 0 Å². The Balaban J connectivity index is 2.12. The van der Waals surface area contributed by atoms with Crippen LogP contribution in [0, 0.1) is 0 Å². The minimum Gasteiger partial charge on any atom is -0.488 e. The molecule has 2 N–H and O–H groups in total. The van der Waals surface area contributed by atoms with Gasteiger partial charge in [0.2, 0.25) is 0 Å². The van der Waals surface area contributed by atoms with Crippen LogP contribution in [-0.2, 0) is 11.3 Å². The Bertz CT molecular complexity index is 337. The fourth-order valence-electron chi connectivity index (χ4n) is 1.61. The monoisotopic (exact) mass is 271 g/mol. The Kier molecular flexibility index (Phi) is 3.61. The number of hydrogen-bond donors (Lipinski definition) is 1. The first-order chi connectivity index (χ1) is 7.29. The standard InChI is InChI=1S/C11H14BrNO2/c12-9-1-2-11(8(5-9)6-13)15-10-3-4-14-7-10/h1-2,5,10H,3-4,6-7,13H2. The van der Waals surface area contributed by atoms with Gasteiger partial charge in [0, 0.05) is 23.0 Å². The molecule has 0 aromatic heterocycles. The summed E-state index contributed by atoms with van der Waals surface area (Å²) in [5.41, 5.74) is 6.69. The van der Waals surface area contributed by atoms with E-state index in [4.69, 9.17) is 15.2 Å². The highest BCUT2D eigenvalue weighted by Gasteiger charge is 2.18. The normalized spacial score (nSPS) is 20.5. The second kappa shape index (κ2) is 4.96. The zero-order valence-corrected chi connectivity index (χ0v) is 10.00. The van der Waals surface area contributed by atoms with E-state index in [9.17, 15) is 0 Å². The predicted octanol–water partition coefficient (Wildman–Crippen LogP) is 2.08. The van der Waals surface area contributed by atoms with Crippen molar-refractivity contribution in [1.29, 1.82) is 0 Å². The van der Waals surface area contributed by atoms with Crippen molar-refractivity contribution in [1.82, 2.24) is 0 Å². The molecule has 15 heavy (non-hydrogen) atoms. The van der Waals surface area contributed by atoms with Crippen molar-refractivity contribution in [2.75, 3.05) is 13.2 Å². The molecule has 1 aliphatic rings. The SMILES string of the molecule is NCc1cc(Br)ccc1OC1CCOC1. The van der Waals surface area contributed by atoms with Gasteiger partial charge in [-0.2, -0.15) is 0 Å². The fraction of sp³-hybridized carbons (Fsp3) is 0.455. The van der Waals surface area contributed by atoms with E-state index in [1.807, 2.05) is 18.2 Å². The summed E-state index contributed by atoms with van der Waals surface area (Å²) in [7, 11) is 0. The predicted molar refractivity (Wildman–Crippen MR) is 61.9 cm³/mol. The molecule has 0 radical (unpaired) electrons. The van der Waals surface area contributed by atoms with Gasteiger partial charge in [-0.05, 0) is 18.2 Å². The Morgan fingerprint density at radius 2 is 2.40 bits per heavy atom. The summed E-state index contributed by atoms with van der Waals surface area (Å²) in [5.74, 6) is 0.871. The number of nitrogens with two attached hydrogens (primary N) is 1. The maximum atomic E-state index is 5.83. The number of hydrogen-bond acceptors (Lipinski definition) is 3. The fourth-order valence-corrected chi connectivity index (χ4v) is 2.02. The van der Waals surface area contributed by atoms with Crippen LogP contribution in [0.15, 0.2) is 22.7 Å². The van der Waals surface area contributed by atoms with E-state index < -0.39 is 0 Å². The smallest absolute Gasteiger partial charge is 0.124 e. The molecule has 1 heterocycles. The first kappa shape index (κ1) is 10.9. The Labute approximate surface area is 97.7 Å². The number of ether oxygens (including phenoxy) is 2. The lowest BCUT2D eigenvalue weighted by Crippen LogP contribution is -2.17. The maximum absolute atomic E-state index is 5.83. The van der Waals surface area contributed by atoms with E-state index in [1.54, 1.807) is 0 Å². The Morgan fingerprint density at radius 1 is 1.53 bits per heavy atom. The molecular weight excluding hydrogens is 258 g/mol. The van der Waals surface area contributed by atoms with Gasteiger partial charge in [-0.15, -0.1) is 0 Å². The van der Waals surface area contributed by atoms with Crippen molar-refractivity contribution in [3.63, 3.8) is 0 Å². The second-order valence-corrected chi connectivity index (χ2v) is 4.48. The minimum atomic E-state index is 0.177. The van der Waals surface area contributed by atoms with Crippen LogP contribution in [0.25, 0.3) is 0 Å². The van der Waals surface area contributed by atoms with Crippen LogP contribution in [0.2, 0.25) is 0 Å². The lowest BCUT2D eigenvalue weighted by molar-refractivity contribution is 0.140. The number of benzene rings is 1. The van der Waals surface area contributed by atoms with Crippen molar-refractivity contribution in [3.05, 3.63) is 28.2 Å². The molecular formula is C11H14BrNO2. The van der Waals surface area contributed by atoms with E-state index in [0.717, 1.165) is 28.8 Å². The third kappa shape index (κ3) is 2.71. The van der Waals surface area contributed by atoms with Gasteiger partial charge in [0.05, 0.1) is 13.2 Å². The van der Waals surface area contributed by atoms with Crippen LogP contribution in [0.4, 0.5) is 0 Å². The highest BCUT2D eigenvalue weighted by molar-refractivity contribution is 9.10. The van der Waals surface area contributed by atoms with Crippen LogP contribution < -0.4 is 10.5 Å². The van der Waals surface area contributed by atoms with Crippen LogP contribution >= 0.6 is 15.9 Å². The van der Waals surface area contributed by atoms with Gasteiger partial charge in [0.1, 0.15) is 11.9 Å². The van der Waals surface area contributed by atoms with E-state index in [-0.39, 0.29) is 6.10 Å². The Morgan fingerprint density at radius 3 is 3.07 bits per heavy atom. The molecule has 1 aliphatic heterocycles. The molecule has 0 amide bonds. The molecule has 1 atom stereocenters. The van der Waals surface area contributed by atoms with Gasteiger partial charge < -0.3 is 15.2 Å².